The van der Waals surface area contributed by atoms with Gasteiger partial charge in [-0.15, -0.1) is 0 Å². The highest BCUT2D eigenvalue weighted by Crippen LogP contribution is 2.63. The molecule has 2 aliphatic carbocycles. The van der Waals surface area contributed by atoms with Crippen molar-refractivity contribution in [1.29, 1.82) is 0 Å². The largest absolute Gasteiger partial charge is 0.360 e. The van der Waals surface area contributed by atoms with Crippen LogP contribution in [0.25, 0.3) is 0 Å². The molecule has 2 nitrogen and oxygen atoms in total. The van der Waals surface area contributed by atoms with E-state index < -0.39 is 0 Å². The summed E-state index contributed by atoms with van der Waals surface area (Å²) in [6.07, 6.45) is 8.66. The van der Waals surface area contributed by atoms with Crippen LogP contribution >= 0.6 is 0 Å². The van der Waals surface area contributed by atoms with Crippen molar-refractivity contribution in [2.45, 2.75) is 51.2 Å². The fourth-order valence-electron chi connectivity index (χ4n) is 3.93. The molecule has 1 saturated carbocycles. The lowest BCUT2D eigenvalue weighted by Gasteiger charge is -2.36. The highest BCUT2D eigenvalue weighted by atomic mass is 16.5. The first kappa shape index (κ1) is 10.3. The van der Waals surface area contributed by atoms with Gasteiger partial charge in [-0.25, -0.2) is 0 Å². The second-order valence-corrected chi connectivity index (χ2v) is 6.24. The topological polar surface area (TPSA) is 26.3 Å². The number of ether oxygens (including phenoxy) is 1. The van der Waals surface area contributed by atoms with Gasteiger partial charge in [-0.05, 0) is 56.9 Å². The van der Waals surface area contributed by atoms with E-state index in [-0.39, 0.29) is 22.4 Å². The van der Waals surface area contributed by atoms with E-state index >= 15 is 0 Å². The summed E-state index contributed by atoms with van der Waals surface area (Å²) in [7, 11) is 0. The second-order valence-electron chi connectivity index (χ2n) is 6.24. The molecule has 86 valence electrons. The van der Waals surface area contributed by atoms with Gasteiger partial charge < -0.3 is 4.74 Å². The van der Waals surface area contributed by atoms with Crippen LogP contribution in [0.15, 0.2) is 23.8 Å². The third-order valence-electron chi connectivity index (χ3n) is 4.37. The summed E-state index contributed by atoms with van der Waals surface area (Å²) < 4.78 is 6.31. The maximum Gasteiger partial charge on any atom is 0.178 e. The molecular weight excluding hydrogens is 200 g/mol. The number of hydrogen-bond acceptors (Lipinski definition) is 2. The highest BCUT2D eigenvalue weighted by molar-refractivity contribution is 6.01. The van der Waals surface area contributed by atoms with Crippen LogP contribution in [0.2, 0.25) is 0 Å². The van der Waals surface area contributed by atoms with Crippen LogP contribution in [0.5, 0.6) is 0 Å². The zero-order valence-corrected chi connectivity index (χ0v) is 10.2. The van der Waals surface area contributed by atoms with E-state index in [1.165, 1.54) is 5.57 Å². The average molecular weight is 218 g/mol. The Kier molecular flexibility index (Phi) is 1.72. The van der Waals surface area contributed by atoms with Crippen LogP contribution in [-0.4, -0.2) is 17.0 Å². The van der Waals surface area contributed by atoms with Crippen molar-refractivity contribution in [3.05, 3.63) is 23.8 Å². The standard InChI is InChI=1S/C14H18O2/c1-12(2)9-13(3)6-4-10-8-11(15)5-7-14(10,13)16-12/h5,7-8H,4,6,9H2,1-3H3/t13-,14-/m1/s1. The molecule has 0 amide bonds. The zero-order chi connectivity index (χ0) is 11.6. The van der Waals surface area contributed by atoms with Crippen molar-refractivity contribution in [3.8, 4) is 0 Å². The van der Waals surface area contributed by atoms with Gasteiger partial charge in [-0.1, -0.05) is 6.92 Å². The van der Waals surface area contributed by atoms with Gasteiger partial charge in [-0.3, -0.25) is 4.79 Å². The second kappa shape index (κ2) is 2.67. The van der Waals surface area contributed by atoms with Crippen molar-refractivity contribution >= 4 is 5.78 Å². The third kappa shape index (κ3) is 1.08. The molecule has 0 aromatic carbocycles. The first-order valence-corrected chi connectivity index (χ1v) is 6.01. The van der Waals surface area contributed by atoms with E-state index in [2.05, 4.69) is 20.8 Å². The van der Waals surface area contributed by atoms with Crippen molar-refractivity contribution in [1.82, 2.24) is 0 Å². The molecule has 0 unspecified atom stereocenters. The average Bonchev–Trinajstić information content (AvgIpc) is 2.50. The van der Waals surface area contributed by atoms with E-state index in [0.29, 0.717) is 0 Å². The number of rotatable bonds is 0. The summed E-state index contributed by atoms with van der Waals surface area (Å²) in [4.78, 5) is 11.4. The van der Waals surface area contributed by atoms with Gasteiger partial charge >= 0.3 is 0 Å². The highest BCUT2D eigenvalue weighted by Gasteiger charge is 2.63. The quantitative estimate of drug-likeness (QED) is 0.625. The molecule has 16 heavy (non-hydrogen) atoms. The van der Waals surface area contributed by atoms with Crippen LogP contribution in [0, 0.1) is 5.41 Å². The molecule has 0 N–H and O–H groups in total. The number of carbonyl (C=O) groups is 1. The molecule has 2 fully saturated rings. The van der Waals surface area contributed by atoms with Gasteiger partial charge in [0.1, 0.15) is 5.60 Å². The zero-order valence-electron chi connectivity index (χ0n) is 10.2. The monoisotopic (exact) mass is 218 g/mol. The van der Waals surface area contributed by atoms with E-state index in [1.807, 2.05) is 6.08 Å². The summed E-state index contributed by atoms with van der Waals surface area (Å²) in [5.74, 6) is 0.109. The Bertz CT molecular complexity index is 430. The molecule has 2 heteroatoms. The molecule has 0 aromatic rings. The number of carbonyl (C=O) groups excluding carboxylic acids is 1. The van der Waals surface area contributed by atoms with Gasteiger partial charge in [0.15, 0.2) is 5.78 Å². The lowest BCUT2D eigenvalue weighted by molar-refractivity contribution is -0.111. The Morgan fingerprint density at radius 3 is 2.81 bits per heavy atom. The Morgan fingerprint density at radius 2 is 2.06 bits per heavy atom. The Hall–Kier alpha value is -0.890. The lowest BCUT2D eigenvalue weighted by Crippen LogP contribution is -2.40. The number of hydrogen-bond donors (Lipinski definition) is 0. The Labute approximate surface area is 96.4 Å². The molecule has 1 saturated heterocycles. The van der Waals surface area contributed by atoms with Crippen LogP contribution in [0.1, 0.15) is 40.0 Å². The SMILES string of the molecule is CC1(C)C[C@@]2(C)CCC3=CC(=O)C=C[C@@]32O1. The first-order chi connectivity index (χ1) is 7.37. The van der Waals surface area contributed by atoms with Crippen molar-refractivity contribution in [3.63, 3.8) is 0 Å². The number of ketones is 1. The summed E-state index contributed by atoms with van der Waals surface area (Å²) in [5, 5.41) is 0. The van der Waals surface area contributed by atoms with Gasteiger partial charge in [0.2, 0.25) is 0 Å². The minimum atomic E-state index is -0.287. The van der Waals surface area contributed by atoms with Crippen molar-refractivity contribution in [2.75, 3.05) is 0 Å². The predicted octanol–water partition coefficient (Wildman–Crippen LogP) is 2.79. The minimum absolute atomic E-state index is 0.0843. The summed E-state index contributed by atoms with van der Waals surface area (Å²) in [6.45, 7) is 6.59. The predicted molar refractivity (Wildman–Crippen MR) is 62.1 cm³/mol. The molecule has 0 radical (unpaired) electrons. The van der Waals surface area contributed by atoms with Crippen LogP contribution in [0.3, 0.4) is 0 Å². The summed E-state index contributed by atoms with van der Waals surface area (Å²) >= 11 is 0. The molecule has 2 atom stereocenters. The van der Waals surface area contributed by atoms with E-state index in [0.717, 1.165) is 19.3 Å². The summed E-state index contributed by atoms with van der Waals surface area (Å²) in [5.41, 5.74) is 0.983. The van der Waals surface area contributed by atoms with E-state index in [4.69, 9.17) is 4.74 Å². The van der Waals surface area contributed by atoms with Crippen molar-refractivity contribution < 1.29 is 9.53 Å². The molecule has 1 heterocycles. The normalized spacial score (nSPS) is 44.2. The first-order valence-electron chi connectivity index (χ1n) is 6.01. The number of allylic oxidation sites excluding steroid dienone is 2. The Balaban J connectivity index is 2.14. The van der Waals surface area contributed by atoms with Gasteiger partial charge in [0.05, 0.1) is 5.60 Å². The van der Waals surface area contributed by atoms with Crippen LogP contribution in [0.4, 0.5) is 0 Å². The van der Waals surface area contributed by atoms with E-state index in [9.17, 15) is 4.79 Å². The Morgan fingerprint density at radius 1 is 1.31 bits per heavy atom. The molecule has 3 rings (SSSR count). The smallest absolute Gasteiger partial charge is 0.178 e. The third-order valence-corrected chi connectivity index (χ3v) is 4.37. The maximum atomic E-state index is 11.4. The van der Waals surface area contributed by atoms with Crippen molar-refractivity contribution in [2.24, 2.45) is 5.41 Å². The van der Waals surface area contributed by atoms with E-state index in [1.54, 1.807) is 12.2 Å². The molecule has 1 spiro atoms. The molecule has 0 aromatic heterocycles. The molecular formula is C14H18O2. The fraction of sp³-hybridized carbons (Fsp3) is 0.643. The van der Waals surface area contributed by atoms with Gasteiger partial charge in [-0.2, -0.15) is 0 Å². The van der Waals surface area contributed by atoms with Gasteiger partial charge in [0.25, 0.3) is 0 Å². The van der Waals surface area contributed by atoms with Crippen LogP contribution in [-0.2, 0) is 9.53 Å². The molecule has 0 bridgehead atoms. The maximum absolute atomic E-state index is 11.4. The summed E-state index contributed by atoms with van der Waals surface area (Å²) in [6, 6.07) is 0. The lowest BCUT2D eigenvalue weighted by atomic mass is 9.71. The minimum Gasteiger partial charge on any atom is -0.360 e. The molecule has 1 aliphatic heterocycles. The fourth-order valence-corrected chi connectivity index (χ4v) is 3.93. The molecule has 3 aliphatic rings. The van der Waals surface area contributed by atoms with Gasteiger partial charge in [0, 0.05) is 5.41 Å². The van der Waals surface area contributed by atoms with Crippen LogP contribution < -0.4 is 0 Å².